The molecule has 1 aliphatic heterocycles. The smallest absolute Gasteiger partial charge is 0.322 e. The maximum absolute atomic E-state index is 12.3. The van der Waals surface area contributed by atoms with Crippen LogP contribution in [0, 0.1) is 46.3 Å². The van der Waals surface area contributed by atoms with Gasteiger partial charge in [0.25, 0.3) is 0 Å². The number of carbonyl (C=O) groups excluding carboxylic acids is 2. The lowest BCUT2D eigenvalue weighted by Crippen LogP contribution is -2.66. The molecule has 2 amide bonds. The molecule has 15 atom stereocenters. The van der Waals surface area contributed by atoms with Crippen molar-refractivity contribution in [1.29, 1.82) is 0 Å². The third-order valence-corrected chi connectivity index (χ3v) is 13.2. The Balaban J connectivity index is 1.41. The number of ether oxygens (including phenoxy) is 2. The Morgan fingerprint density at radius 2 is 1.67 bits per heavy atom. The minimum Gasteiger partial charge on any atom is -0.480 e. The Morgan fingerprint density at radius 1 is 0.978 bits per heavy atom. The van der Waals surface area contributed by atoms with Crippen LogP contribution in [0.15, 0.2) is 0 Å². The highest BCUT2D eigenvalue weighted by molar-refractivity contribution is 5.81. The van der Waals surface area contributed by atoms with Gasteiger partial charge in [0.15, 0.2) is 6.29 Å². The summed E-state index contributed by atoms with van der Waals surface area (Å²) in [5.74, 6) is 0.0531. The summed E-state index contributed by atoms with van der Waals surface area (Å²) >= 11 is 0. The topological polar surface area (TPSA) is 195 Å². The summed E-state index contributed by atoms with van der Waals surface area (Å²) in [4.78, 5) is 35.4. The molecule has 0 unspecified atom stereocenters. The monoisotopic (exact) mass is 652 g/mol. The fourth-order valence-electron chi connectivity index (χ4n) is 10.9. The number of aliphatic hydroxyl groups excluding tert-OH is 4. The molecule has 1 saturated heterocycles. The molecule has 5 aliphatic rings. The first-order valence-corrected chi connectivity index (χ1v) is 17.4. The zero-order chi connectivity index (χ0) is 33.6. The molecule has 0 bridgehead atoms. The van der Waals surface area contributed by atoms with Crippen molar-refractivity contribution in [1.82, 2.24) is 10.6 Å². The minimum absolute atomic E-state index is 0.00487. The summed E-state index contributed by atoms with van der Waals surface area (Å²) < 4.78 is 12.9. The number of amides is 2. The average Bonchev–Trinajstić information content (AvgIpc) is 3.36. The third-order valence-electron chi connectivity index (χ3n) is 13.2. The van der Waals surface area contributed by atoms with Crippen LogP contribution in [0.3, 0.4) is 0 Å². The Labute approximate surface area is 272 Å². The molecule has 4 saturated carbocycles. The summed E-state index contributed by atoms with van der Waals surface area (Å²) in [6, 6.07) is -1.02. The number of carboxylic acid groups (broad SMARTS) is 1. The molecule has 1 heterocycles. The second kappa shape index (κ2) is 14.0. The highest BCUT2D eigenvalue weighted by Crippen LogP contribution is 2.69. The SMILES string of the molecule is CC(=O)N[C@H]1[C@H](O[C@H]2C[C@@H]3C[C@H](O)CC[C@]3(C)[C@H]3CC[C@]4(C)[C@@H]([C@H](C)CCC(=O)NCC(=O)O)CC[C@H]4[C@H]23)O[C@H](CO)[C@@H](O)[C@@H]1O. The van der Waals surface area contributed by atoms with Gasteiger partial charge in [0.05, 0.1) is 18.8 Å². The first-order valence-electron chi connectivity index (χ1n) is 17.4. The van der Waals surface area contributed by atoms with Crippen LogP contribution in [-0.2, 0) is 23.9 Å². The number of hydrogen-bond donors (Lipinski definition) is 7. The van der Waals surface area contributed by atoms with Crippen molar-refractivity contribution in [3.05, 3.63) is 0 Å². The van der Waals surface area contributed by atoms with Gasteiger partial charge in [-0.05, 0) is 104 Å². The number of carboxylic acids is 1. The summed E-state index contributed by atoms with van der Waals surface area (Å²) in [5, 5.41) is 56.3. The van der Waals surface area contributed by atoms with E-state index in [9.17, 15) is 34.8 Å². The quantitative estimate of drug-likeness (QED) is 0.170. The Morgan fingerprint density at radius 3 is 2.35 bits per heavy atom. The second-order valence-corrected chi connectivity index (χ2v) is 15.7. The van der Waals surface area contributed by atoms with Crippen LogP contribution in [0.2, 0.25) is 0 Å². The van der Waals surface area contributed by atoms with Crippen molar-refractivity contribution < 1.29 is 49.4 Å². The number of carbonyl (C=O) groups is 3. The van der Waals surface area contributed by atoms with Gasteiger partial charge in [-0.3, -0.25) is 14.4 Å². The largest absolute Gasteiger partial charge is 0.480 e. The summed E-state index contributed by atoms with van der Waals surface area (Å²) in [5.41, 5.74) is 0.0513. The summed E-state index contributed by atoms with van der Waals surface area (Å²) in [6.45, 7) is 7.44. The number of hydrogen-bond acceptors (Lipinski definition) is 9. The zero-order valence-corrected chi connectivity index (χ0v) is 27.8. The number of fused-ring (bicyclic) bond motifs is 5. The number of nitrogens with one attached hydrogen (secondary N) is 2. The lowest BCUT2D eigenvalue weighted by atomic mass is 9.43. The highest BCUT2D eigenvalue weighted by Gasteiger charge is 2.64. The highest BCUT2D eigenvalue weighted by atomic mass is 16.7. The average molecular weight is 653 g/mol. The molecule has 46 heavy (non-hydrogen) atoms. The van der Waals surface area contributed by atoms with Crippen molar-refractivity contribution in [2.45, 2.75) is 135 Å². The molecule has 5 fully saturated rings. The number of rotatable bonds is 10. The molecule has 0 radical (unpaired) electrons. The third kappa shape index (κ3) is 6.72. The standard InChI is InChI=1S/C34H56N2O10/c1-17(5-8-26(40)35-15-27(41)42)21-6-7-22-28-23(10-12-34(21,22)4)33(3)11-9-20(39)13-19(33)14-24(28)45-32-29(36-18(2)38)31(44)30(43)25(16-37)46-32/h17,19-25,28-32,37,39,43-44H,5-16H2,1-4H3,(H,35,40)(H,36,38)(H,41,42)/t17-,19+,20-,21-,22+,23+,24+,25-,28+,29-,30-,31-,32-,33+,34-/m1/s1. The number of aliphatic hydroxyl groups is 4. The molecule has 12 nitrogen and oxygen atoms in total. The van der Waals surface area contributed by atoms with E-state index < -0.39 is 49.1 Å². The first-order chi connectivity index (χ1) is 21.7. The Kier molecular flexibility index (Phi) is 10.8. The van der Waals surface area contributed by atoms with Crippen LogP contribution >= 0.6 is 0 Å². The van der Waals surface area contributed by atoms with Crippen molar-refractivity contribution in [3.63, 3.8) is 0 Å². The van der Waals surface area contributed by atoms with E-state index in [-0.39, 0.29) is 59.7 Å². The van der Waals surface area contributed by atoms with Gasteiger partial charge in [0, 0.05) is 13.3 Å². The normalized spacial score (nSPS) is 45.9. The summed E-state index contributed by atoms with van der Waals surface area (Å²) in [6.07, 6.45) is 2.68. The van der Waals surface area contributed by atoms with Crippen LogP contribution in [0.1, 0.15) is 91.9 Å². The fourth-order valence-corrected chi connectivity index (χ4v) is 10.9. The first kappa shape index (κ1) is 35.5. The van der Waals surface area contributed by atoms with Gasteiger partial charge in [-0.25, -0.2) is 0 Å². The van der Waals surface area contributed by atoms with Crippen LogP contribution in [0.5, 0.6) is 0 Å². The molecule has 0 aromatic carbocycles. The van der Waals surface area contributed by atoms with Crippen LogP contribution in [0.25, 0.3) is 0 Å². The Bertz CT molecular complexity index is 1120. The lowest BCUT2D eigenvalue weighted by molar-refractivity contribution is -0.304. The lowest BCUT2D eigenvalue weighted by Gasteiger charge is -2.63. The molecule has 0 aromatic heterocycles. The summed E-state index contributed by atoms with van der Waals surface area (Å²) in [7, 11) is 0. The van der Waals surface area contributed by atoms with Crippen molar-refractivity contribution in [3.8, 4) is 0 Å². The number of aliphatic carboxylic acids is 1. The molecular weight excluding hydrogens is 596 g/mol. The van der Waals surface area contributed by atoms with Gasteiger partial charge in [-0.15, -0.1) is 0 Å². The van der Waals surface area contributed by atoms with Gasteiger partial charge in [-0.2, -0.15) is 0 Å². The molecule has 7 N–H and O–H groups in total. The molecule has 0 spiro atoms. The molecule has 0 aromatic rings. The van der Waals surface area contributed by atoms with Gasteiger partial charge in [0.2, 0.25) is 11.8 Å². The maximum Gasteiger partial charge on any atom is 0.322 e. The molecule has 12 heteroatoms. The van der Waals surface area contributed by atoms with Gasteiger partial charge >= 0.3 is 5.97 Å². The second-order valence-electron chi connectivity index (χ2n) is 15.7. The van der Waals surface area contributed by atoms with Crippen LogP contribution in [0.4, 0.5) is 0 Å². The van der Waals surface area contributed by atoms with E-state index in [1.807, 2.05) is 0 Å². The molecule has 4 aliphatic carbocycles. The molecule has 262 valence electrons. The van der Waals surface area contributed by atoms with E-state index in [0.717, 1.165) is 38.5 Å². The minimum atomic E-state index is -1.39. The predicted molar refractivity (Wildman–Crippen MR) is 166 cm³/mol. The van der Waals surface area contributed by atoms with E-state index in [2.05, 4.69) is 31.4 Å². The van der Waals surface area contributed by atoms with E-state index in [0.29, 0.717) is 37.0 Å². The molecular formula is C34H56N2O10. The van der Waals surface area contributed by atoms with Crippen molar-refractivity contribution in [2.24, 2.45) is 46.3 Å². The van der Waals surface area contributed by atoms with E-state index in [1.54, 1.807) is 0 Å². The zero-order valence-electron chi connectivity index (χ0n) is 27.8. The van der Waals surface area contributed by atoms with Gasteiger partial charge in [-0.1, -0.05) is 20.8 Å². The fraction of sp³-hybridized carbons (Fsp3) is 0.912. The van der Waals surface area contributed by atoms with E-state index >= 15 is 0 Å². The van der Waals surface area contributed by atoms with E-state index in [4.69, 9.17) is 14.6 Å². The van der Waals surface area contributed by atoms with Crippen molar-refractivity contribution >= 4 is 17.8 Å². The molecule has 5 rings (SSSR count). The predicted octanol–water partition coefficient (Wildman–Crippen LogP) is 1.56. The van der Waals surface area contributed by atoms with E-state index in [1.165, 1.54) is 6.92 Å². The maximum atomic E-state index is 12.3. The van der Waals surface area contributed by atoms with Crippen molar-refractivity contribution in [2.75, 3.05) is 13.2 Å². The van der Waals surface area contributed by atoms with Gasteiger partial charge < -0.3 is 45.6 Å². The van der Waals surface area contributed by atoms with Crippen LogP contribution < -0.4 is 10.6 Å². The van der Waals surface area contributed by atoms with Gasteiger partial charge in [0.1, 0.15) is 30.9 Å². The van der Waals surface area contributed by atoms with Crippen LogP contribution in [-0.4, -0.2) is 99.3 Å². The Hall–Kier alpha value is -1.83.